The molecule has 0 atom stereocenters. The summed E-state index contributed by atoms with van der Waals surface area (Å²) in [5, 5.41) is 10.4. The van der Waals surface area contributed by atoms with Crippen LogP contribution in [0.1, 0.15) is 140 Å². The number of hydrogen-bond donors (Lipinski definition) is 1. The van der Waals surface area contributed by atoms with Crippen molar-refractivity contribution in [2.24, 2.45) is 5.92 Å². The third-order valence-electron chi connectivity index (χ3n) is 14.0. The predicted octanol–water partition coefficient (Wildman–Crippen LogP) is 17.3. The van der Waals surface area contributed by atoms with E-state index in [9.17, 15) is 38.4 Å². The Labute approximate surface area is 560 Å². The second-order valence-electron chi connectivity index (χ2n) is 20.2. The minimum absolute atomic E-state index is 0. The number of carbonyl (C=O) groups is 8. The van der Waals surface area contributed by atoms with Crippen molar-refractivity contribution in [1.29, 1.82) is 0 Å². The fourth-order valence-electron chi connectivity index (χ4n) is 9.69. The average molecular weight is 1350 g/mol. The van der Waals surface area contributed by atoms with Crippen LogP contribution >= 0.6 is 58.0 Å². The first-order chi connectivity index (χ1) is 41.1. The van der Waals surface area contributed by atoms with Crippen LogP contribution in [0.25, 0.3) is 22.7 Å². The number of ketones is 3. The lowest BCUT2D eigenvalue weighted by atomic mass is 9.98. The molecule has 1 saturated heterocycles. The molecule has 0 unspecified atom stereocenters. The first-order valence-corrected chi connectivity index (χ1v) is 29.5. The van der Waals surface area contributed by atoms with E-state index in [1.165, 1.54) is 11.4 Å². The Morgan fingerprint density at radius 3 is 1.00 bits per heavy atom. The Morgan fingerprint density at radius 1 is 0.429 bits per heavy atom. The number of amides is 1. The SMILES string of the molecule is C.C.C.C.CCOC(=O)C(=O)Cl.CCOC(=O)C(=O)c1cc(C)n(-c2ccc(Cl)cc2)c1C.Cc1cc(C(=O)C(=O)N2CCC(C)CC2)c(C)n1-c1ccc(Cl)cc1.Cc1cc(C(=O)C(=O)O)c(C)n1-c1ccc(Cl)cc1.Cc1ccc(C)n1-c1ccc(Cl)cc1. The molecular formula is C70H84Cl5N5O11. The van der Waals surface area contributed by atoms with Gasteiger partial charge in [-0.25, -0.2) is 14.4 Å². The summed E-state index contributed by atoms with van der Waals surface area (Å²) >= 11 is 28.2. The molecule has 1 amide bonds. The second kappa shape index (κ2) is 37.4. The van der Waals surface area contributed by atoms with Gasteiger partial charge in [-0.15, -0.1) is 0 Å². The van der Waals surface area contributed by atoms with Gasteiger partial charge >= 0.3 is 23.2 Å². The van der Waals surface area contributed by atoms with E-state index in [1.54, 1.807) is 75.1 Å². The number of ether oxygens (including phenoxy) is 2. The van der Waals surface area contributed by atoms with Crippen LogP contribution in [-0.4, -0.2) is 101 Å². The topological polar surface area (TPSA) is 198 Å². The van der Waals surface area contributed by atoms with Crippen molar-refractivity contribution in [2.75, 3.05) is 26.3 Å². The molecule has 0 radical (unpaired) electrons. The van der Waals surface area contributed by atoms with Gasteiger partial charge in [0.2, 0.25) is 0 Å². The van der Waals surface area contributed by atoms with Crippen molar-refractivity contribution >= 4 is 104 Å². The van der Waals surface area contributed by atoms with Gasteiger partial charge in [-0.05, 0) is 227 Å². The number of aromatic nitrogens is 4. The number of likely N-dealkylation sites (tertiary alicyclic amines) is 1. The lowest BCUT2D eigenvalue weighted by Crippen LogP contribution is -2.41. The number of esters is 2. The number of benzene rings is 4. The quantitative estimate of drug-likeness (QED) is 0.0499. The number of carboxylic acid groups (broad SMARTS) is 1. The largest absolute Gasteiger partial charge is 0.475 e. The number of Topliss-reactive ketones (excluding diaryl/α,β-unsaturated/α-hetero) is 3. The van der Waals surface area contributed by atoms with E-state index in [-0.39, 0.29) is 54.4 Å². The Balaban J connectivity index is 0.000000583. The maximum absolute atomic E-state index is 12.8. The lowest BCUT2D eigenvalue weighted by molar-refractivity contribution is -0.149. The van der Waals surface area contributed by atoms with Gasteiger partial charge in [0, 0.05) is 107 Å². The summed E-state index contributed by atoms with van der Waals surface area (Å²) in [6, 6.07) is 39.1. The van der Waals surface area contributed by atoms with Crippen LogP contribution in [0, 0.1) is 61.3 Å². The molecule has 490 valence electrons. The lowest BCUT2D eigenvalue weighted by Gasteiger charge is -2.29. The van der Waals surface area contributed by atoms with E-state index < -0.39 is 40.5 Å². The van der Waals surface area contributed by atoms with Crippen LogP contribution in [0.5, 0.6) is 0 Å². The molecular weight excluding hydrogens is 1260 g/mol. The van der Waals surface area contributed by atoms with E-state index in [4.69, 9.17) is 67.8 Å². The fraction of sp³-hybridized carbons (Fsp3) is 0.314. The molecule has 21 heteroatoms. The highest BCUT2D eigenvalue weighted by molar-refractivity contribution is 6.80. The van der Waals surface area contributed by atoms with Crippen molar-refractivity contribution in [1.82, 2.24) is 23.2 Å². The number of aliphatic carboxylic acids is 1. The number of carbonyl (C=O) groups excluding carboxylic acids is 7. The zero-order valence-corrected chi connectivity index (χ0v) is 53.9. The summed E-state index contributed by atoms with van der Waals surface area (Å²) in [4.78, 5) is 93.0. The van der Waals surface area contributed by atoms with Gasteiger partial charge < -0.3 is 37.7 Å². The maximum atomic E-state index is 12.8. The van der Waals surface area contributed by atoms with Gasteiger partial charge in [-0.2, -0.15) is 0 Å². The van der Waals surface area contributed by atoms with Crippen LogP contribution < -0.4 is 0 Å². The molecule has 9 rings (SSSR count). The minimum Gasteiger partial charge on any atom is -0.475 e. The highest BCUT2D eigenvalue weighted by Gasteiger charge is 2.30. The molecule has 16 nitrogen and oxygen atoms in total. The monoisotopic (exact) mass is 1350 g/mol. The van der Waals surface area contributed by atoms with Crippen LogP contribution in [0.15, 0.2) is 127 Å². The van der Waals surface area contributed by atoms with Gasteiger partial charge in [0.15, 0.2) is 0 Å². The summed E-state index contributed by atoms with van der Waals surface area (Å²) in [5.74, 6) is -4.96. The molecule has 5 heterocycles. The first kappa shape index (κ1) is 81.0. The number of piperidine rings is 1. The Bertz CT molecular complexity index is 3760. The summed E-state index contributed by atoms with van der Waals surface area (Å²) < 4.78 is 16.9. The molecule has 91 heavy (non-hydrogen) atoms. The van der Waals surface area contributed by atoms with E-state index >= 15 is 0 Å². The number of halogens is 5. The number of hydrogen-bond acceptors (Lipinski definition) is 10. The molecule has 4 aromatic carbocycles. The number of rotatable bonds is 13. The summed E-state index contributed by atoms with van der Waals surface area (Å²) in [6.45, 7) is 22.4. The molecule has 8 aromatic rings. The Morgan fingerprint density at radius 2 is 0.714 bits per heavy atom. The molecule has 0 bridgehead atoms. The highest BCUT2D eigenvalue weighted by Crippen LogP contribution is 2.27. The molecule has 0 saturated carbocycles. The van der Waals surface area contributed by atoms with Crippen molar-refractivity contribution in [3.63, 3.8) is 0 Å². The van der Waals surface area contributed by atoms with Crippen molar-refractivity contribution < 1.29 is 52.9 Å². The normalized spacial score (nSPS) is 11.2. The van der Waals surface area contributed by atoms with Gasteiger partial charge in [0.25, 0.3) is 23.3 Å². The van der Waals surface area contributed by atoms with Gasteiger partial charge in [-0.3, -0.25) is 24.0 Å². The van der Waals surface area contributed by atoms with Crippen LogP contribution in [0.2, 0.25) is 20.1 Å². The van der Waals surface area contributed by atoms with Crippen molar-refractivity contribution in [2.45, 2.75) is 119 Å². The van der Waals surface area contributed by atoms with Crippen LogP contribution in [-0.2, 0) is 33.4 Å². The summed E-state index contributed by atoms with van der Waals surface area (Å²) in [5.41, 5.74) is 12.0. The van der Waals surface area contributed by atoms with E-state index in [0.717, 1.165) is 63.4 Å². The smallest absolute Gasteiger partial charge is 0.391 e. The Hall–Kier alpha value is -7.99. The molecule has 1 N–H and O–H groups in total. The molecule has 0 spiro atoms. The molecule has 1 fully saturated rings. The van der Waals surface area contributed by atoms with Gasteiger partial charge in [0.1, 0.15) is 0 Å². The van der Waals surface area contributed by atoms with Crippen LogP contribution in [0.3, 0.4) is 0 Å². The number of carboxylic acids is 1. The van der Waals surface area contributed by atoms with Crippen LogP contribution in [0.4, 0.5) is 0 Å². The van der Waals surface area contributed by atoms with E-state index in [0.29, 0.717) is 56.6 Å². The third kappa shape index (κ3) is 21.3. The second-order valence-corrected chi connectivity index (χ2v) is 22.3. The zero-order chi connectivity index (χ0) is 64.6. The van der Waals surface area contributed by atoms with Gasteiger partial charge in [0.05, 0.1) is 24.3 Å². The fourth-order valence-corrected chi connectivity index (χ4v) is 10.2. The summed E-state index contributed by atoms with van der Waals surface area (Å²) in [7, 11) is 0. The number of nitrogens with zero attached hydrogens (tertiary/aromatic N) is 5. The number of aryl methyl sites for hydroxylation is 5. The van der Waals surface area contributed by atoms with Crippen molar-refractivity contribution in [3.05, 3.63) is 210 Å². The standard InChI is InChI=1S/C20H23ClN2O2.C16H16ClNO3.C14H12ClNO3.C12H12ClN.C4H5ClO3.4CH4/c1-13-8-10-22(11-9-13)20(25)19(24)18-12-14(2)23(15(18)3)17-6-4-16(21)5-7-17;1-4-21-16(20)15(19)14-9-10(2)18(11(14)3)13-7-5-12(17)6-8-13;1-8-7-12(13(17)14(18)19)9(2)16(8)11-5-3-10(15)4-6-11;1-9-3-4-10(2)14(9)12-7-5-11(13)6-8-12;1-2-8-4(7)3(5)6;;;;/h4-7,12-13H,8-11H2,1-3H3;5-9H,4H2,1-3H3;3-7H,1-2H3,(H,18,19);3-8H,1-2H3;2H2,1H3;4*1H4. The zero-order valence-electron chi connectivity index (χ0n) is 50.1. The first-order valence-electron chi connectivity index (χ1n) is 27.6. The minimum atomic E-state index is -1.45. The summed E-state index contributed by atoms with van der Waals surface area (Å²) in [6.07, 6.45) is 1.92. The predicted molar refractivity (Wildman–Crippen MR) is 368 cm³/mol. The van der Waals surface area contributed by atoms with Crippen molar-refractivity contribution in [3.8, 4) is 22.7 Å². The highest BCUT2D eigenvalue weighted by atomic mass is 35.5. The van der Waals surface area contributed by atoms with Gasteiger partial charge in [-0.1, -0.05) is 83.0 Å². The van der Waals surface area contributed by atoms with E-state index in [2.05, 4.69) is 42.2 Å². The molecule has 4 aromatic heterocycles. The average Bonchev–Trinajstić information content (AvgIpc) is 1.76. The third-order valence-corrected chi connectivity index (χ3v) is 15.2. The molecule has 1 aliphatic rings. The molecule has 1 aliphatic heterocycles. The maximum Gasteiger partial charge on any atom is 0.391 e. The Kier molecular flexibility index (Phi) is 33.3. The molecule has 0 aliphatic carbocycles. The van der Waals surface area contributed by atoms with E-state index in [1.807, 2.05) is 114 Å².